The standard InChI is InChI=1S/C19H20FN3O6/c1-8-4-22(5-9(2)28-8)15-10(6-24)12-13-17(14(15)20)29-21-18(13)23-11(16(12)26-3)7-27-19(23)25/h6,8-9,11,16H,4-5,7H2,1-3H3/t8-,9-,11-,16+/m1/s1. The molecule has 5 rings (SSSR count). The van der Waals surface area contributed by atoms with Crippen molar-refractivity contribution >= 4 is 34.9 Å². The fraction of sp³-hybridized carbons (Fsp3) is 0.526. The minimum Gasteiger partial charge on any atom is -0.447 e. The van der Waals surface area contributed by atoms with Crippen molar-refractivity contribution in [2.24, 2.45) is 0 Å². The lowest BCUT2D eigenvalue weighted by molar-refractivity contribution is -0.00545. The maximum absolute atomic E-state index is 15.6. The fourth-order valence-corrected chi connectivity index (χ4v) is 4.78. The third-order valence-electron chi connectivity index (χ3n) is 5.77. The molecule has 2 fully saturated rings. The van der Waals surface area contributed by atoms with E-state index in [2.05, 4.69) is 5.16 Å². The van der Waals surface area contributed by atoms with Crippen LogP contribution in [0.5, 0.6) is 0 Å². The number of hydrogen-bond acceptors (Lipinski definition) is 8. The Balaban J connectivity index is 1.80. The highest BCUT2D eigenvalue weighted by molar-refractivity contribution is 6.08. The molecule has 1 aromatic carbocycles. The van der Waals surface area contributed by atoms with Gasteiger partial charge in [-0.05, 0) is 13.8 Å². The number of carbonyl (C=O) groups excluding carboxylic acids is 2. The topological polar surface area (TPSA) is 94.3 Å². The van der Waals surface area contributed by atoms with Crippen LogP contribution in [0.4, 0.5) is 20.7 Å². The summed E-state index contributed by atoms with van der Waals surface area (Å²) in [5, 5.41) is 4.20. The molecule has 29 heavy (non-hydrogen) atoms. The number of carbonyl (C=O) groups is 2. The van der Waals surface area contributed by atoms with E-state index in [1.54, 1.807) is 4.90 Å². The van der Waals surface area contributed by atoms with Gasteiger partial charge >= 0.3 is 6.09 Å². The largest absolute Gasteiger partial charge is 0.447 e. The Hall–Kier alpha value is -2.72. The van der Waals surface area contributed by atoms with E-state index in [1.807, 2.05) is 13.8 Å². The highest BCUT2D eigenvalue weighted by Crippen LogP contribution is 2.49. The van der Waals surface area contributed by atoms with Crippen LogP contribution in [0.1, 0.15) is 35.9 Å². The van der Waals surface area contributed by atoms with Crippen LogP contribution in [0.25, 0.3) is 11.0 Å². The Labute approximate surface area is 165 Å². The van der Waals surface area contributed by atoms with Gasteiger partial charge in [-0.2, -0.15) is 0 Å². The third-order valence-corrected chi connectivity index (χ3v) is 5.77. The SMILES string of the molecule is CO[C@@H]1c2c(C=O)c(N3C[C@@H](C)O[C@H](C)C3)c(F)c3onc(c23)N2C(=O)OC[C@H]12. The third kappa shape index (κ3) is 2.42. The molecule has 3 aliphatic heterocycles. The molecule has 10 heteroatoms. The summed E-state index contributed by atoms with van der Waals surface area (Å²) >= 11 is 0. The maximum Gasteiger partial charge on any atom is 0.416 e. The first-order chi connectivity index (χ1) is 14.0. The van der Waals surface area contributed by atoms with Crippen molar-refractivity contribution in [2.45, 2.75) is 38.2 Å². The smallest absolute Gasteiger partial charge is 0.416 e. The van der Waals surface area contributed by atoms with E-state index in [0.29, 0.717) is 24.9 Å². The number of hydrogen-bond donors (Lipinski definition) is 0. The first-order valence-electron chi connectivity index (χ1n) is 9.45. The number of fused-ring (bicyclic) bond motifs is 2. The Kier molecular flexibility index (Phi) is 4.04. The van der Waals surface area contributed by atoms with Crippen LogP contribution in [0, 0.1) is 5.82 Å². The van der Waals surface area contributed by atoms with Crippen LogP contribution in [-0.4, -0.2) is 62.6 Å². The number of aldehydes is 1. The van der Waals surface area contributed by atoms with Gasteiger partial charge in [-0.1, -0.05) is 5.16 Å². The molecule has 0 unspecified atom stereocenters. The summed E-state index contributed by atoms with van der Waals surface area (Å²) in [6.45, 7) is 4.70. The predicted molar refractivity (Wildman–Crippen MR) is 98.9 cm³/mol. The molecule has 9 nitrogen and oxygen atoms in total. The number of benzene rings is 1. The number of amides is 1. The van der Waals surface area contributed by atoms with Gasteiger partial charge in [-0.25, -0.2) is 14.1 Å². The zero-order valence-corrected chi connectivity index (χ0v) is 16.2. The van der Waals surface area contributed by atoms with E-state index in [0.717, 1.165) is 0 Å². The van der Waals surface area contributed by atoms with E-state index in [4.69, 9.17) is 18.7 Å². The van der Waals surface area contributed by atoms with E-state index in [1.165, 1.54) is 12.0 Å². The normalized spacial score (nSPS) is 28.6. The van der Waals surface area contributed by atoms with Gasteiger partial charge in [0.25, 0.3) is 0 Å². The Morgan fingerprint density at radius 2 is 2.00 bits per heavy atom. The summed E-state index contributed by atoms with van der Waals surface area (Å²) in [4.78, 5) is 27.6. The van der Waals surface area contributed by atoms with Gasteiger partial charge in [0.15, 0.2) is 17.9 Å². The Morgan fingerprint density at radius 3 is 2.66 bits per heavy atom. The van der Waals surface area contributed by atoms with E-state index in [9.17, 15) is 9.59 Å². The first-order valence-corrected chi connectivity index (χ1v) is 9.45. The lowest BCUT2D eigenvalue weighted by Gasteiger charge is -2.39. The van der Waals surface area contributed by atoms with Crippen molar-refractivity contribution in [1.82, 2.24) is 5.16 Å². The van der Waals surface area contributed by atoms with Gasteiger partial charge in [0.2, 0.25) is 5.58 Å². The van der Waals surface area contributed by atoms with Crippen molar-refractivity contribution in [3.63, 3.8) is 0 Å². The molecule has 0 saturated carbocycles. The Bertz CT molecular complexity index is 1010. The van der Waals surface area contributed by atoms with Gasteiger partial charge in [-0.15, -0.1) is 0 Å². The molecule has 0 N–H and O–H groups in total. The molecule has 0 spiro atoms. The number of cyclic esters (lactones) is 1. The van der Waals surface area contributed by atoms with Gasteiger partial charge in [0, 0.05) is 31.3 Å². The summed E-state index contributed by atoms with van der Waals surface area (Å²) in [6.07, 6.45) is -0.931. The van der Waals surface area contributed by atoms with Crippen LogP contribution >= 0.6 is 0 Å². The molecule has 0 aliphatic carbocycles. The van der Waals surface area contributed by atoms with Crippen LogP contribution in [0.2, 0.25) is 0 Å². The molecule has 1 amide bonds. The number of nitrogens with zero attached hydrogens (tertiary/aromatic N) is 3. The van der Waals surface area contributed by atoms with Crippen molar-refractivity contribution < 1.29 is 32.7 Å². The van der Waals surface area contributed by atoms with Gasteiger partial charge in [0.05, 0.1) is 23.3 Å². The number of anilines is 2. The second kappa shape index (κ2) is 6.39. The number of halogens is 1. The zero-order valence-electron chi connectivity index (χ0n) is 16.2. The van der Waals surface area contributed by atoms with Gasteiger partial charge in [-0.3, -0.25) is 4.79 Å². The average Bonchev–Trinajstić information content (AvgIpc) is 3.28. The minimum absolute atomic E-state index is 0.0712. The van der Waals surface area contributed by atoms with Crippen LogP contribution in [-0.2, 0) is 14.2 Å². The number of rotatable bonds is 3. The molecule has 2 saturated heterocycles. The molecule has 2 aromatic rings. The molecule has 4 atom stereocenters. The number of morpholine rings is 1. The molecule has 0 radical (unpaired) electrons. The summed E-state index contributed by atoms with van der Waals surface area (Å²) in [5.41, 5.74) is 0.679. The van der Waals surface area contributed by atoms with E-state index < -0.39 is 24.1 Å². The molecule has 0 bridgehead atoms. The predicted octanol–water partition coefficient (Wildman–Crippen LogP) is 2.42. The Morgan fingerprint density at radius 1 is 1.28 bits per heavy atom. The monoisotopic (exact) mass is 405 g/mol. The molecular formula is C19H20FN3O6. The lowest BCUT2D eigenvalue weighted by Crippen LogP contribution is -2.47. The van der Waals surface area contributed by atoms with Crippen LogP contribution in [0.3, 0.4) is 0 Å². The molecule has 154 valence electrons. The molecule has 4 heterocycles. The van der Waals surface area contributed by atoms with E-state index >= 15 is 4.39 Å². The first kappa shape index (κ1) is 18.3. The van der Waals surface area contributed by atoms with Crippen molar-refractivity contribution in [1.29, 1.82) is 0 Å². The molecular weight excluding hydrogens is 385 g/mol. The van der Waals surface area contributed by atoms with Crippen molar-refractivity contribution in [3.05, 3.63) is 16.9 Å². The highest BCUT2D eigenvalue weighted by Gasteiger charge is 2.49. The summed E-state index contributed by atoms with van der Waals surface area (Å²) in [6, 6.07) is -0.521. The molecule has 1 aromatic heterocycles. The number of aromatic nitrogens is 1. The van der Waals surface area contributed by atoms with Crippen molar-refractivity contribution in [2.75, 3.05) is 36.6 Å². The lowest BCUT2D eigenvalue weighted by atomic mass is 9.88. The van der Waals surface area contributed by atoms with Gasteiger partial charge in [0.1, 0.15) is 18.8 Å². The minimum atomic E-state index is -0.689. The average molecular weight is 405 g/mol. The summed E-state index contributed by atoms with van der Waals surface area (Å²) in [5.74, 6) is -0.542. The second-order valence-corrected chi connectivity index (χ2v) is 7.65. The van der Waals surface area contributed by atoms with Crippen LogP contribution in [0.15, 0.2) is 4.52 Å². The number of ether oxygens (including phenoxy) is 3. The number of methoxy groups -OCH3 is 1. The summed E-state index contributed by atoms with van der Waals surface area (Å²) in [7, 11) is 1.48. The van der Waals surface area contributed by atoms with Gasteiger partial charge < -0.3 is 23.6 Å². The second-order valence-electron chi connectivity index (χ2n) is 7.65. The zero-order chi connectivity index (χ0) is 20.4. The van der Waals surface area contributed by atoms with Crippen molar-refractivity contribution in [3.8, 4) is 0 Å². The fourth-order valence-electron chi connectivity index (χ4n) is 4.78. The van der Waals surface area contributed by atoms with Crippen LogP contribution < -0.4 is 9.80 Å². The van der Waals surface area contributed by atoms with E-state index in [-0.39, 0.29) is 46.9 Å². The quantitative estimate of drug-likeness (QED) is 0.719. The summed E-state index contributed by atoms with van der Waals surface area (Å²) < 4.78 is 37.5. The highest BCUT2D eigenvalue weighted by atomic mass is 19.1. The maximum atomic E-state index is 15.6. The molecule has 3 aliphatic rings.